The van der Waals surface area contributed by atoms with Gasteiger partial charge >= 0.3 is 0 Å². The van der Waals surface area contributed by atoms with Crippen molar-refractivity contribution >= 4 is 92.9 Å². The molecule has 1 aliphatic carbocycles. The van der Waals surface area contributed by atoms with Crippen molar-refractivity contribution < 1.29 is 0 Å². The summed E-state index contributed by atoms with van der Waals surface area (Å²) in [6.07, 6.45) is 9.10. The highest BCUT2D eigenvalue weighted by Gasteiger charge is 2.24. The van der Waals surface area contributed by atoms with Gasteiger partial charge in [0.2, 0.25) is 0 Å². The van der Waals surface area contributed by atoms with E-state index in [2.05, 4.69) is 212 Å². The van der Waals surface area contributed by atoms with Gasteiger partial charge in [-0.1, -0.05) is 121 Å². The molecule has 0 fully saturated rings. The van der Waals surface area contributed by atoms with E-state index < -0.39 is 0 Å². The van der Waals surface area contributed by atoms with Crippen LogP contribution in [0.2, 0.25) is 0 Å². The molecule has 0 saturated carbocycles. The summed E-state index contributed by atoms with van der Waals surface area (Å²) < 4.78 is 9.94. The minimum Gasteiger partial charge on any atom is -0.310 e. The first-order chi connectivity index (χ1) is 28.8. The Morgan fingerprint density at radius 2 is 0.603 bits per heavy atom. The van der Waals surface area contributed by atoms with Crippen molar-refractivity contribution in [1.29, 1.82) is 0 Å². The van der Waals surface area contributed by atoms with Crippen LogP contribution < -0.4 is 0 Å². The highest BCUT2D eigenvalue weighted by Crippen LogP contribution is 2.45. The molecule has 0 atom stereocenters. The maximum absolute atomic E-state index is 2.51. The van der Waals surface area contributed by atoms with Gasteiger partial charge in [-0.05, 0) is 85.6 Å². The molecule has 0 saturated heterocycles. The van der Waals surface area contributed by atoms with Crippen LogP contribution in [0.1, 0.15) is 12.8 Å². The Hall–Kier alpha value is -7.56. The van der Waals surface area contributed by atoms with Gasteiger partial charge in [-0.2, -0.15) is 0 Å². The van der Waals surface area contributed by atoms with E-state index in [4.69, 9.17) is 0 Å². The third-order valence-electron chi connectivity index (χ3n) is 12.6. The van der Waals surface area contributed by atoms with Gasteiger partial charge in [0, 0.05) is 48.8 Å². The van der Waals surface area contributed by atoms with E-state index in [-0.39, 0.29) is 0 Å². The molecule has 4 aromatic heterocycles. The zero-order valence-corrected chi connectivity index (χ0v) is 31.7. The first kappa shape index (κ1) is 31.6. The molecule has 0 unspecified atom stereocenters. The summed E-state index contributed by atoms with van der Waals surface area (Å²) in [5.41, 5.74) is 14.4. The Bertz CT molecular complexity index is 3690. The normalized spacial score (nSPS) is 13.4. The molecular formula is C54H36N4. The number of rotatable bonds is 4. The standard InChI is InChI=1S/C54H36N4/c1-2-17-35(18-3-1)55-43-26-11-6-21-38(43)52-46(55)29-14-31-48(52)57-45-28-13-8-23-40(45)54-50(57)33-16-34-51(54)58-44-27-12-7-22-39(44)53-47(30-15-32-49(53)58)56-41-24-9-4-19-36(41)37-20-5-10-25-42(37)56/h2,4-34H,1,3H2. The smallest absolute Gasteiger partial charge is 0.0562 e. The Balaban J connectivity index is 1.13. The fourth-order valence-corrected chi connectivity index (χ4v) is 10.3. The second kappa shape index (κ2) is 12.0. The van der Waals surface area contributed by atoms with Gasteiger partial charge in [0.25, 0.3) is 0 Å². The van der Waals surface area contributed by atoms with Crippen LogP contribution in [0, 0.1) is 0 Å². The molecule has 0 radical (unpaired) electrons. The maximum atomic E-state index is 2.51. The number of benzene rings is 8. The molecule has 0 amide bonds. The van der Waals surface area contributed by atoms with Crippen molar-refractivity contribution in [2.75, 3.05) is 0 Å². The van der Waals surface area contributed by atoms with Gasteiger partial charge in [-0.25, -0.2) is 0 Å². The highest BCUT2D eigenvalue weighted by atomic mass is 15.0. The third kappa shape index (κ3) is 4.18. The van der Waals surface area contributed by atoms with Crippen LogP contribution in [0.15, 0.2) is 194 Å². The van der Waals surface area contributed by atoms with E-state index in [0.29, 0.717) is 0 Å². The van der Waals surface area contributed by atoms with Crippen molar-refractivity contribution in [3.63, 3.8) is 0 Å². The van der Waals surface area contributed by atoms with Crippen LogP contribution in [0.3, 0.4) is 0 Å². The van der Waals surface area contributed by atoms with Gasteiger partial charge < -0.3 is 18.3 Å². The molecule has 13 rings (SSSR count). The van der Waals surface area contributed by atoms with Crippen molar-refractivity contribution in [2.24, 2.45) is 0 Å². The van der Waals surface area contributed by atoms with E-state index in [1.807, 2.05) is 0 Å². The second-order valence-corrected chi connectivity index (χ2v) is 15.5. The lowest BCUT2D eigenvalue weighted by molar-refractivity contribution is 1.02. The highest BCUT2D eigenvalue weighted by molar-refractivity contribution is 6.21. The predicted molar refractivity (Wildman–Crippen MR) is 245 cm³/mol. The monoisotopic (exact) mass is 740 g/mol. The van der Waals surface area contributed by atoms with Crippen molar-refractivity contribution in [1.82, 2.24) is 18.3 Å². The topological polar surface area (TPSA) is 19.7 Å². The first-order valence-corrected chi connectivity index (χ1v) is 20.3. The molecule has 0 bridgehead atoms. The van der Waals surface area contributed by atoms with Gasteiger partial charge in [-0.15, -0.1) is 0 Å². The molecule has 0 aliphatic heterocycles. The number of hydrogen-bond donors (Lipinski definition) is 0. The first-order valence-electron chi connectivity index (χ1n) is 20.3. The molecule has 0 spiro atoms. The SMILES string of the molecule is C1=CC(n2c3ccccc3c3c(-n4c5ccccc5c5c(-n6c7ccccc7c7c(-n8c9ccccc9c9ccccc98)cccc76)cccc54)cccc32)=CCC1. The third-order valence-corrected chi connectivity index (χ3v) is 12.6. The summed E-state index contributed by atoms with van der Waals surface area (Å²) in [5.74, 6) is 0. The lowest BCUT2D eigenvalue weighted by Gasteiger charge is -2.14. The number of nitrogens with zero attached hydrogens (tertiary/aromatic N) is 4. The number of para-hydroxylation sites is 5. The van der Waals surface area contributed by atoms with Gasteiger partial charge in [0.05, 0.1) is 61.2 Å². The minimum atomic E-state index is 1.05. The molecule has 0 N–H and O–H groups in total. The summed E-state index contributed by atoms with van der Waals surface area (Å²) in [6, 6.07) is 64.9. The molecule has 4 heterocycles. The Labute approximate surface area is 334 Å². The van der Waals surface area contributed by atoms with Crippen LogP contribution in [-0.2, 0) is 0 Å². The van der Waals surface area contributed by atoms with Crippen LogP contribution in [0.5, 0.6) is 0 Å². The lowest BCUT2D eigenvalue weighted by Crippen LogP contribution is -1.99. The van der Waals surface area contributed by atoms with E-state index in [1.165, 1.54) is 110 Å². The Morgan fingerprint density at radius 1 is 0.276 bits per heavy atom. The molecular weight excluding hydrogens is 705 g/mol. The largest absolute Gasteiger partial charge is 0.310 e. The summed E-state index contributed by atoms with van der Waals surface area (Å²) in [7, 11) is 0. The molecule has 4 nitrogen and oxygen atoms in total. The Kier molecular flexibility index (Phi) is 6.53. The molecule has 8 aromatic carbocycles. The molecule has 272 valence electrons. The molecule has 58 heavy (non-hydrogen) atoms. The Morgan fingerprint density at radius 3 is 1.02 bits per heavy atom. The summed E-state index contributed by atoms with van der Waals surface area (Å²) in [6.45, 7) is 0. The number of aromatic nitrogens is 4. The summed E-state index contributed by atoms with van der Waals surface area (Å²) >= 11 is 0. The minimum absolute atomic E-state index is 1.05. The van der Waals surface area contributed by atoms with Crippen LogP contribution in [0.25, 0.3) is 110 Å². The summed E-state index contributed by atoms with van der Waals surface area (Å²) in [5, 5.41) is 10.0. The van der Waals surface area contributed by atoms with Crippen LogP contribution in [-0.4, -0.2) is 18.3 Å². The second-order valence-electron chi connectivity index (χ2n) is 15.5. The average Bonchev–Trinajstić information content (AvgIpc) is 4.02. The number of allylic oxidation sites excluding steroid dienone is 4. The van der Waals surface area contributed by atoms with Crippen LogP contribution in [0.4, 0.5) is 0 Å². The van der Waals surface area contributed by atoms with E-state index >= 15 is 0 Å². The summed E-state index contributed by atoms with van der Waals surface area (Å²) in [4.78, 5) is 0. The molecule has 1 aliphatic rings. The van der Waals surface area contributed by atoms with Crippen molar-refractivity contribution in [3.05, 3.63) is 194 Å². The quantitative estimate of drug-likeness (QED) is 0.171. The number of hydrogen-bond acceptors (Lipinski definition) is 0. The number of fused-ring (bicyclic) bond motifs is 12. The molecule has 4 heteroatoms. The van der Waals surface area contributed by atoms with Crippen molar-refractivity contribution in [2.45, 2.75) is 12.8 Å². The fourth-order valence-electron chi connectivity index (χ4n) is 10.3. The van der Waals surface area contributed by atoms with Crippen molar-refractivity contribution in [3.8, 4) is 17.1 Å². The van der Waals surface area contributed by atoms with Gasteiger partial charge in [0.1, 0.15) is 0 Å². The maximum Gasteiger partial charge on any atom is 0.0562 e. The lowest BCUT2D eigenvalue weighted by atomic mass is 10.1. The predicted octanol–water partition coefficient (Wildman–Crippen LogP) is 14.3. The zero-order chi connectivity index (χ0) is 37.9. The fraction of sp³-hybridized carbons (Fsp3) is 0.0370. The molecule has 12 aromatic rings. The van der Waals surface area contributed by atoms with E-state index in [9.17, 15) is 0 Å². The van der Waals surface area contributed by atoms with Crippen LogP contribution >= 0.6 is 0 Å². The van der Waals surface area contributed by atoms with E-state index in [0.717, 1.165) is 12.8 Å². The van der Waals surface area contributed by atoms with E-state index in [1.54, 1.807) is 0 Å². The average molecular weight is 741 g/mol. The zero-order valence-electron chi connectivity index (χ0n) is 31.7. The van der Waals surface area contributed by atoms with Gasteiger partial charge in [-0.3, -0.25) is 0 Å². The van der Waals surface area contributed by atoms with Gasteiger partial charge in [0.15, 0.2) is 0 Å².